The molecule has 5 rings (SSSR count). The van der Waals surface area contributed by atoms with E-state index in [-0.39, 0.29) is 0 Å². The van der Waals surface area contributed by atoms with E-state index in [2.05, 4.69) is 69.7 Å². The second kappa shape index (κ2) is 12.7. The SMILES string of the molecule is Nc1cc(-c2ccc(Cl)cc2)ccc1OC(=O)NCCc1ccc(CN2CCN(c3ccccc3)CC2)cc1. The molecule has 0 saturated carbocycles. The fraction of sp³-hybridized carbons (Fsp3) is 0.219. The predicted molar refractivity (Wildman–Crippen MR) is 159 cm³/mol. The first-order valence-corrected chi connectivity index (χ1v) is 13.6. The van der Waals surface area contributed by atoms with E-state index in [1.807, 2.05) is 30.3 Å². The molecule has 0 spiro atoms. The van der Waals surface area contributed by atoms with E-state index in [4.69, 9.17) is 22.1 Å². The Hall–Kier alpha value is -4.00. The number of benzene rings is 4. The molecule has 1 amide bonds. The molecule has 0 radical (unpaired) electrons. The van der Waals surface area contributed by atoms with Gasteiger partial charge in [-0.3, -0.25) is 4.90 Å². The minimum atomic E-state index is -0.521. The lowest BCUT2D eigenvalue weighted by Gasteiger charge is -2.36. The first kappa shape index (κ1) is 26.6. The van der Waals surface area contributed by atoms with Gasteiger partial charge in [0.15, 0.2) is 5.75 Å². The summed E-state index contributed by atoms with van der Waals surface area (Å²) in [7, 11) is 0. The van der Waals surface area contributed by atoms with Crippen molar-refractivity contribution >= 4 is 29.1 Å². The molecule has 1 heterocycles. The summed E-state index contributed by atoms with van der Waals surface area (Å²) in [5.74, 6) is 0.333. The van der Waals surface area contributed by atoms with Crippen LogP contribution in [0.15, 0.2) is 97.1 Å². The van der Waals surface area contributed by atoms with Gasteiger partial charge in [0.25, 0.3) is 0 Å². The maximum absolute atomic E-state index is 12.3. The largest absolute Gasteiger partial charge is 0.412 e. The number of para-hydroxylation sites is 1. The van der Waals surface area contributed by atoms with Crippen LogP contribution in [-0.2, 0) is 13.0 Å². The van der Waals surface area contributed by atoms with Crippen LogP contribution in [0.2, 0.25) is 5.02 Å². The standard InChI is InChI=1S/C32H33ClN4O2/c33-28-13-10-26(11-14-28)27-12-15-31(30(34)22-27)39-32(38)35-17-16-24-6-8-25(9-7-24)23-36-18-20-37(21-19-36)29-4-2-1-3-5-29/h1-15,22H,16-21,23,34H2,(H,35,38). The van der Waals surface area contributed by atoms with Crippen LogP contribution in [0.5, 0.6) is 5.75 Å². The molecule has 39 heavy (non-hydrogen) atoms. The number of carbonyl (C=O) groups is 1. The van der Waals surface area contributed by atoms with E-state index in [9.17, 15) is 4.79 Å². The Labute approximate surface area is 235 Å². The van der Waals surface area contributed by atoms with Crippen LogP contribution >= 0.6 is 11.6 Å². The van der Waals surface area contributed by atoms with Crippen molar-refractivity contribution in [3.8, 4) is 16.9 Å². The Balaban J connectivity index is 1.04. The molecule has 4 aromatic carbocycles. The molecular weight excluding hydrogens is 508 g/mol. The lowest BCUT2D eigenvalue weighted by Crippen LogP contribution is -2.45. The summed E-state index contributed by atoms with van der Waals surface area (Å²) in [5.41, 5.74) is 12.2. The van der Waals surface area contributed by atoms with Gasteiger partial charge in [0.1, 0.15) is 0 Å². The van der Waals surface area contributed by atoms with E-state index >= 15 is 0 Å². The third-order valence-corrected chi connectivity index (χ3v) is 7.25. The van der Waals surface area contributed by atoms with Gasteiger partial charge in [-0.15, -0.1) is 0 Å². The number of nitrogens with zero attached hydrogens (tertiary/aromatic N) is 2. The van der Waals surface area contributed by atoms with Crippen molar-refractivity contribution < 1.29 is 9.53 Å². The number of anilines is 2. The molecule has 200 valence electrons. The number of hydrogen-bond acceptors (Lipinski definition) is 5. The number of ether oxygens (including phenoxy) is 1. The highest BCUT2D eigenvalue weighted by Gasteiger charge is 2.17. The van der Waals surface area contributed by atoms with Crippen LogP contribution in [0, 0.1) is 0 Å². The summed E-state index contributed by atoms with van der Waals surface area (Å²) in [5, 5.41) is 3.49. The fourth-order valence-corrected chi connectivity index (χ4v) is 4.91. The van der Waals surface area contributed by atoms with Gasteiger partial charge >= 0.3 is 6.09 Å². The number of nitrogens with two attached hydrogens (primary N) is 1. The third kappa shape index (κ3) is 7.31. The zero-order valence-corrected chi connectivity index (χ0v) is 22.6. The highest BCUT2D eigenvalue weighted by molar-refractivity contribution is 6.30. The van der Waals surface area contributed by atoms with Gasteiger partial charge in [-0.05, 0) is 65.1 Å². The topological polar surface area (TPSA) is 70.8 Å². The zero-order chi connectivity index (χ0) is 27.0. The van der Waals surface area contributed by atoms with Crippen LogP contribution in [0.25, 0.3) is 11.1 Å². The van der Waals surface area contributed by atoms with Crippen molar-refractivity contribution in [3.63, 3.8) is 0 Å². The Morgan fingerprint density at radius 2 is 1.49 bits per heavy atom. The number of rotatable bonds is 8. The average molecular weight is 541 g/mol. The number of piperazine rings is 1. The minimum absolute atomic E-state index is 0.333. The van der Waals surface area contributed by atoms with E-state index in [1.54, 1.807) is 12.1 Å². The molecule has 1 fully saturated rings. The molecular formula is C32H33ClN4O2. The number of halogens is 1. The Bertz CT molecular complexity index is 1370. The molecule has 0 bridgehead atoms. The van der Waals surface area contributed by atoms with E-state index in [1.165, 1.54) is 16.8 Å². The summed E-state index contributed by atoms with van der Waals surface area (Å²) in [6.07, 6.45) is 0.197. The quantitative estimate of drug-likeness (QED) is 0.259. The normalized spacial score (nSPS) is 13.7. The van der Waals surface area contributed by atoms with E-state index in [0.29, 0.717) is 23.0 Å². The van der Waals surface area contributed by atoms with E-state index < -0.39 is 6.09 Å². The first-order valence-electron chi connectivity index (χ1n) is 13.2. The molecule has 3 N–H and O–H groups in total. The van der Waals surface area contributed by atoms with Gasteiger partial charge in [0.2, 0.25) is 0 Å². The van der Waals surface area contributed by atoms with Crippen LogP contribution in [0.3, 0.4) is 0 Å². The van der Waals surface area contributed by atoms with Gasteiger partial charge in [0, 0.05) is 50.0 Å². The molecule has 0 aromatic heterocycles. The number of nitrogens with one attached hydrogen (secondary N) is 1. The van der Waals surface area contributed by atoms with Crippen molar-refractivity contribution in [1.82, 2.24) is 10.2 Å². The fourth-order valence-electron chi connectivity index (χ4n) is 4.78. The number of hydrogen-bond donors (Lipinski definition) is 2. The van der Waals surface area contributed by atoms with Crippen molar-refractivity contribution in [2.24, 2.45) is 0 Å². The van der Waals surface area contributed by atoms with Crippen molar-refractivity contribution in [1.29, 1.82) is 0 Å². The number of amides is 1. The molecule has 7 heteroatoms. The van der Waals surface area contributed by atoms with Gasteiger partial charge in [-0.1, -0.05) is 72.3 Å². The van der Waals surface area contributed by atoms with Gasteiger partial charge in [-0.25, -0.2) is 4.79 Å². The number of carbonyl (C=O) groups excluding carboxylic acids is 1. The first-order chi connectivity index (χ1) is 19.0. The summed E-state index contributed by atoms with van der Waals surface area (Å²) >= 11 is 5.96. The second-order valence-electron chi connectivity index (χ2n) is 9.74. The Kier molecular flexibility index (Phi) is 8.66. The van der Waals surface area contributed by atoms with Gasteiger partial charge < -0.3 is 20.7 Å². The summed E-state index contributed by atoms with van der Waals surface area (Å²) in [6, 6.07) is 32.1. The second-order valence-corrected chi connectivity index (χ2v) is 10.2. The van der Waals surface area contributed by atoms with Crippen LogP contribution in [0.4, 0.5) is 16.2 Å². The molecule has 1 aliphatic rings. The maximum atomic E-state index is 12.3. The zero-order valence-electron chi connectivity index (χ0n) is 21.9. The van der Waals surface area contributed by atoms with Crippen LogP contribution in [-0.4, -0.2) is 43.7 Å². The Morgan fingerprint density at radius 1 is 0.821 bits per heavy atom. The van der Waals surface area contributed by atoms with Gasteiger partial charge in [0.05, 0.1) is 5.69 Å². The summed E-state index contributed by atoms with van der Waals surface area (Å²) in [6.45, 7) is 5.62. The van der Waals surface area contributed by atoms with Crippen molar-refractivity contribution in [2.75, 3.05) is 43.4 Å². The molecule has 0 aliphatic carbocycles. The highest BCUT2D eigenvalue weighted by Crippen LogP contribution is 2.29. The highest BCUT2D eigenvalue weighted by atomic mass is 35.5. The molecule has 0 unspecified atom stereocenters. The number of nitrogen functional groups attached to an aromatic ring is 1. The lowest BCUT2D eigenvalue weighted by atomic mass is 10.1. The monoisotopic (exact) mass is 540 g/mol. The predicted octanol–water partition coefficient (Wildman–Crippen LogP) is 6.24. The van der Waals surface area contributed by atoms with Crippen molar-refractivity contribution in [2.45, 2.75) is 13.0 Å². The molecule has 1 aliphatic heterocycles. The van der Waals surface area contributed by atoms with Crippen LogP contribution < -0.4 is 20.7 Å². The average Bonchev–Trinajstić information content (AvgIpc) is 2.96. The molecule has 6 nitrogen and oxygen atoms in total. The third-order valence-electron chi connectivity index (χ3n) is 7.00. The van der Waals surface area contributed by atoms with Crippen LogP contribution in [0.1, 0.15) is 11.1 Å². The summed E-state index contributed by atoms with van der Waals surface area (Å²) < 4.78 is 5.43. The lowest BCUT2D eigenvalue weighted by molar-refractivity contribution is 0.201. The molecule has 1 saturated heterocycles. The Morgan fingerprint density at radius 3 is 2.18 bits per heavy atom. The maximum Gasteiger partial charge on any atom is 0.412 e. The smallest absolute Gasteiger partial charge is 0.408 e. The van der Waals surface area contributed by atoms with Gasteiger partial charge in [-0.2, -0.15) is 0 Å². The minimum Gasteiger partial charge on any atom is -0.408 e. The molecule has 0 atom stereocenters. The summed E-state index contributed by atoms with van der Waals surface area (Å²) in [4.78, 5) is 17.3. The van der Waals surface area contributed by atoms with Crippen molar-refractivity contribution in [3.05, 3.63) is 113 Å². The molecule has 4 aromatic rings. The van der Waals surface area contributed by atoms with E-state index in [0.717, 1.165) is 50.3 Å².